The van der Waals surface area contributed by atoms with Crippen LogP contribution >= 0.6 is 0 Å². The second-order valence-corrected chi connectivity index (χ2v) is 3.33. The lowest BCUT2D eigenvalue weighted by atomic mass is 10.4. The van der Waals surface area contributed by atoms with Gasteiger partial charge in [-0.25, -0.2) is 4.98 Å². The third kappa shape index (κ3) is 2.63. The first-order valence-corrected chi connectivity index (χ1v) is 4.74. The second kappa shape index (κ2) is 4.22. The summed E-state index contributed by atoms with van der Waals surface area (Å²) in [7, 11) is 0. The van der Waals surface area contributed by atoms with Crippen LogP contribution in [0.1, 0.15) is 23.2 Å². The smallest absolute Gasteiger partial charge is 0.240 e. The molecule has 0 unspecified atom stereocenters. The largest absolute Gasteiger partial charge is 0.345 e. The Hall–Kier alpha value is -1.69. The monoisotopic (exact) mass is 207 g/mol. The molecule has 0 amide bonds. The Morgan fingerprint density at radius 3 is 2.87 bits per heavy atom. The molecule has 2 rings (SSSR count). The molecule has 0 radical (unpaired) electrons. The van der Waals surface area contributed by atoms with E-state index in [-0.39, 0.29) is 0 Å². The first-order valence-electron chi connectivity index (χ1n) is 4.74. The van der Waals surface area contributed by atoms with Crippen molar-refractivity contribution < 1.29 is 4.52 Å². The summed E-state index contributed by atoms with van der Waals surface area (Å²) in [6.07, 6.45) is 1.81. The van der Waals surface area contributed by atoms with Crippen LogP contribution in [0.2, 0.25) is 0 Å². The van der Waals surface area contributed by atoms with E-state index in [2.05, 4.69) is 25.4 Å². The van der Waals surface area contributed by atoms with E-state index in [1.807, 2.05) is 6.92 Å². The van der Waals surface area contributed by atoms with Crippen LogP contribution in [0.15, 0.2) is 10.7 Å². The van der Waals surface area contributed by atoms with Crippen molar-refractivity contribution in [1.29, 1.82) is 0 Å². The third-order valence-electron chi connectivity index (χ3n) is 1.92. The summed E-state index contributed by atoms with van der Waals surface area (Å²) < 4.78 is 4.96. The first-order chi connectivity index (χ1) is 7.24. The first kappa shape index (κ1) is 9.85. The van der Waals surface area contributed by atoms with Crippen molar-refractivity contribution in [3.63, 3.8) is 0 Å². The summed E-state index contributed by atoms with van der Waals surface area (Å²) in [5, 5.41) is 6.88. The predicted molar refractivity (Wildman–Crippen MR) is 52.9 cm³/mol. The van der Waals surface area contributed by atoms with Crippen LogP contribution < -0.4 is 5.32 Å². The molecule has 2 heterocycles. The lowest BCUT2D eigenvalue weighted by Gasteiger charge is -1.97. The molecule has 15 heavy (non-hydrogen) atoms. The van der Waals surface area contributed by atoms with Gasteiger partial charge in [0.25, 0.3) is 0 Å². The van der Waals surface area contributed by atoms with Crippen molar-refractivity contribution in [2.24, 2.45) is 0 Å². The molecule has 0 fully saturated rings. The highest BCUT2D eigenvalue weighted by molar-refractivity contribution is 4.99. The number of H-pyrrole nitrogens is 1. The molecule has 0 aliphatic heterocycles. The van der Waals surface area contributed by atoms with Crippen LogP contribution in [0.5, 0.6) is 0 Å². The van der Waals surface area contributed by atoms with Crippen molar-refractivity contribution in [2.45, 2.75) is 26.9 Å². The summed E-state index contributed by atoms with van der Waals surface area (Å²) in [6, 6.07) is 0. The number of aryl methyl sites for hydroxylation is 2. The maximum absolute atomic E-state index is 4.96. The van der Waals surface area contributed by atoms with Gasteiger partial charge in [-0.05, 0) is 13.8 Å². The number of aromatic nitrogens is 4. The summed E-state index contributed by atoms with van der Waals surface area (Å²) in [5.41, 5.74) is 1.05. The van der Waals surface area contributed by atoms with Crippen LogP contribution in [-0.4, -0.2) is 20.1 Å². The number of hydrogen-bond donors (Lipinski definition) is 2. The average molecular weight is 207 g/mol. The zero-order valence-electron chi connectivity index (χ0n) is 8.74. The van der Waals surface area contributed by atoms with E-state index in [0.29, 0.717) is 24.8 Å². The zero-order valence-corrected chi connectivity index (χ0v) is 8.74. The van der Waals surface area contributed by atoms with E-state index in [1.54, 1.807) is 13.1 Å². The molecule has 0 saturated heterocycles. The summed E-state index contributed by atoms with van der Waals surface area (Å²) >= 11 is 0. The minimum atomic E-state index is 0.568. The summed E-state index contributed by atoms with van der Waals surface area (Å²) in [5.74, 6) is 2.17. The van der Waals surface area contributed by atoms with Gasteiger partial charge in [0.05, 0.1) is 6.54 Å². The molecule has 6 nitrogen and oxygen atoms in total. The van der Waals surface area contributed by atoms with Crippen LogP contribution in [0.4, 0.5) is 0 Å². The van der Waals surface area contributed by atoms with Gasteiger partial charge < -0.3 is 14.8 Å². The fourth-order valence-electron chi connectivity index (χ4n) is 1.28. The quantitative estimate of drug-likeness (QED) is 0.771. The van der Waals surface area contributed by atoms with Gasteiger partial charge in [0.2, 0.25) is 5.89 Å². The lowest BCUT2D eigenvalue weighted by molar-refractivity contribution is 0.364. The Labute approximate surface area is 87.1 Å². The summed E-state index contributed by atoms with van der Waals surface area (Å²) in [6.45, 7) is 5.00. The van der Waals surface area contributed by atoms with Crippen molar-refractivity contribution in [2.75, 3.05) is 0 Å². The van der Waals surface area contributed by atoms with Gasteiger partial charge in [-0.15, -0.1) is 0 Å². The van der Waals surface area contributed by atoms with E-state index in [4.69, 9.17) is 4.52 Å². The number of rotatable bonds is 4. The highest BCUT2D eigenvalue weighted by Crippen LogP contribution is 1.97. The number of nitrogens with zero attached hydrogens (tertiary/aromatic N) is 3. The van der Waals surface area contributed by atoms with E-state index in [0.717, 1.165) is 11.5 Å². The molecule has 0 aliphatic rings. The topological polar surface area (TPSA) is 79.6 Å². The van der Waals surface area contributed by atoms with Crippen molar-refractivity contribution in [3.05, 3.63) is 29.4 Å². The molecule has 2 aromatic heterocycles. The Balaban J connectivity index is 1.80. The molecule has 0 aromatic carbocycles. The van der Waals surface area contributed by atoms with Gasteiger partial charge in [0.1, 0.15) is 5.82 Å². The fourth-order valence-corrected chi connectivity index (χ4v) is 1.28. The van der Waals surface area contributed by atoms with Crippen molar-refractivity contribution >= 4 is 0 Å². The molecule has 0 saturated carbocycles. The molecule has 2 aromatic rings. The standard InChI is InChI=1S/C9H13N5O/c1-6-11-4-8(12-6)3-10-5-9-13-7(2)14-15-9/h4,10H,3,5H2,1-2H3,(H,11,12). The fraction of sp³-hybridized carbons (Fsp3) is 0.444. The van der Waals surface area contributed by atoms with Crippen molar-refractivity contribution in [3.8, 4) is 0 Å². The van der Waals surface area contributed by atoms with Gasteiger partial charge in [0, 0.05) is 18.4 Å². The molecule has 80 valence electrons. The Morgan fingerprint density at radius 1 is 1.40 bits per heavy atom. The second-order valence-electron chi connectivity index (χ2n) is 3.33. The highest BCUT2D eigenvalue weighted by Gasteiger charge is 2.02. The number of nitrogens with one attached hydrogen (secondary N) is 2. The van der Waals surface area contributed by atoms with E-state index in [9.17, 15) is 0 Å². The highest BCUT2D eigenvalue weighted by atomic mass is 16.5. The molecule has 2 N–H and O–H groups in total. The molecular formula is C9H13N5O. The zero-order chi connectivity index (χ0) is 10.7. The molecule has 0 aliphatic carbocycles. The van der Waals surface area contributed by atoms with Gasteiger partial charge in [-0.3, -0.25) is 0 Å². The molecule has 0 atom stereocenters. The van der Waals surface area contributed by atoms with Crippen LogP contribution in [0.25, 0.3) is 0 Å². The normalized spacial score (nSPS) is 10.8. The maximum atomic E-state index is 4.96. The Morgan fingerprint density at radius 2 is 2.27 bits per heavy atom. The van der Waals surface area contributed by atoms with Crippen LogP contribution in [0.3, 0.4) is 0 Å². The van der Waals surface area contributed by atoms with Gasteiger partial charge in [0.15, 0.2) is 5.82 Å². The van der Waals surface area contributed by atoms with Crippen molar-refractivity contribution in [1.82, 2.24) is 25.4 Å². The Kier molecular flexibility index (Phi) is 2.77. The number of hydrogen-bond acceptors (Lipinski definition) is 5. The SMILES string of the molecule is Cc1noc(CNCc2cnc(C)[nH]2)n1. The predicted octanol–water partition coefficient (Wildman–Crippen LogP) is 0.699. The van der Waals surface area contributed by atoms with Crippen LogP contribution in [-0.2, 0) is 13.1 Å². The molecular weight excluding hydrogens is 194 g/mol. The maximum Gasteiger partial charge on any atom is 0.240 e. The van der Waals surface area contributed by atoms with Crippen LogP contribution in [0, 0.1) is 13.8 Å². The van der Waals surface area contributed by atoms with Gasteiger partial charge >= 0.3 is 0 Å². The van der Waals surface area contributed by atoms with E-state index in [1.165, 1.54) is 0 Å². The van der Waals surface area contributed by atoms with Gasteiger partial charge in [-0.1, -0.05) is 5.16 Å². The average Bonchev–Trinajstić information content (AvgIpc) is 2.76. The third-order valence-corrected chi connectivity index (χ3v) is 1.92. The van der Waals surface area contributed by atoms with Gasteiger partial charge in [-0.2, -0.15) is 4.98 Å². The molecule has 0 spiro atoms. The van der Waals surface area contributed by atoms with E-state index < -0.39 is 0 Å². The summed E-state index contributed by atoms with van der Waals surface area (Å²) in [4.78, 5) is 11.3. The number of aromatic amines is 1. The lowest BCUT2D eigenvalue weighted by Crippen LogP contribution is -2.13. The molecule has 6 heteroatoms. The molecule has 0 bridgehead atoms. The number of imidazole rings is 1. The Bertz CT molecular complexity index is 393. The minimum absolute atomic E-state index is 0.568. The van der Waals surface area contributed by atoms with E-state index >= 15 is 0 Å². The minimum Gasteiger partial charge on any atom is -0.345 e.